The summed E-state index contributed by atoms with van der Waals surface area (Å²) in [7, 11) is 0. The predicted octanol–water partition coefficient (Wildman–Crippen LogP) is 1.91. The van der Waals surface area contributed by atoms with Gasteiger partial charge in [-0.2, -0.15) is 0 Å². The van der Waals surface area contributed by atoms with Crippen molar-refractivity contribution >= 4 is 17.0 Å². The molecule has 0 saturated heterocycles. The SMILES string of the molecule is Br.C=CCOC=C. The van der Waals surface area contributed by atoms with Crippen LogP contribution < -0.4 is 0 Å². The quantitative estimate of drug-likeness (QED) is 0.352. The summed E-state index contributed by atoms with van der Waals surface area (Å²) in [5.41, 5.74) is 0. The molecule has 0 saturated carbocycles. The lowest BCUT2D eigenvalue weighted by atomic mass is 10.7. The molecule has 0 aliphatic carbocycles. The molecular formula is C5H9BrO. The van der Waals surface area contributed by atoms with Crippen molar-refractivity contribution in [1.82, 2.24) is 0 Å². The molecule has 0 aromatic rings. The second-order valence-corrected chi connectivity index (χ2v) is 0.789. The predicted molar refractivity (Wildman–Crippen MR) is 36.7 cm³/mol. The number of rotatable bonds is 3. The maximum atomic E-state index is 4.63. The van der Waals surface area contributed by atoms with Gasteiger partial charge < -0.3 is 4.74 Å². The molecule has 0 N–H and O–H groups in total. The van der Waals surface area contributed by atoms with Crippen LogP contribution in [0, 0.1) is 0 Å². The van der Waals surface area contributed by atoms with Crippen molar-refractivity contribution < 1.29 is 4.74 Å². The van der Waals surface area contributed by atoms with Crippen molar-refractivity contribution in [3.05, 3.63) is 25.5 Å². The maximum Gasteiger partial charge on any atom is 0.105 e. The Kier molecular flexibility index (Phi) is 13.1. The van der Waals surface area contributed by atoms with Crippen molar-refractivity contribution in [2.75, 3.05) is 6.61 Å². The van der Waals surface area contributed by atoms with Crippen molar-refractivity contribution in [1.29, 1.82) is 0 Å². The molecule has 0 bridgehead atoms. The Labute approximate surface area is 54.4 Å². The third-order valence-corrected chi connectivity index (χ3v) is 0.332. The van der Waals surface area contributed by atoms with E-state index in [-0.39, 0.29) is 17.0 Å². The Bertz CT molecular complexity index is 44.0. The Morgan fingerprint density at radius 3 is 2.14 bits per heavy atom. The van der Waals surface area contributed by atoms with Gasteiger partial charge in [0.2, 0.25) is 0 Å². The summed E-state index contributed by atoms with van der Waals surface area (Å²) in [5, 5.41) is 0. The molecule has 42 valence electrons. The van der Waals surface area contributed by atoms with E-state index in [1.165, 1.54) is 6.26 Å². The summed E-state index contributed by atoms with van der Waals surface area (Å²) in [6.45, 7) is 7.31. The van der Waals surface area contributed by atoms with E-state index in [4.69, 9.17) is 0 Å². The molecule has 1 nitrogen and oxygen atoms in total. The molecule has 0 unspecified atom stereocenters. The number of hydrogen-bond donors (Lipinski definition) is 0. The molecule has 0 radical (unpaired) electrons. The molecule has 0 heterocycles. The van der Waals surface area contributed by atoms with E-state index in [1.54, 1.807) is 6.08 Å². The Hall–Kier alpha value is -0.240. The van der Waals surface area contributed by atoms with Crippen LogP contribution in [0.2, 0.25) is 0 Å². The first-order valence-electron chi connectivity index (χ1n) is 1.75. The fourth-order valence-corrected chi connectivity index (χ4v) is 0.136. The molecule has 0 amide bonds. The maximum absolute atomic E-state index is 4.63. The fourth-order valence-electron chi connectivity index (χ4n) is 0.136. The molecule has 0 aromatic heterocycles. The van der Waals surface area contributed by atoms with Gasteiger partial charge in [-0.25, -0.2) is 0 Å². The second kappa shape index (κ2) is 9.23. The standard InChI is InChI=1S/C5H8O.BrH/c1-3-5-6-4-2;/h3-4H,1-2,5H2;1H. The van der Waals surface area contributed by atoms with Gasteiger partial charge >= 0.3 is 0 Å². The molecule has 7 heavy (non-hydrogen) atoms. The summed E-state index contributed by atoms with van der Waals surface area (Å²) in [6, 6.07) is 0. The molecule has 0 aliphatic heterocycles. The van der Waals surface area contributed by atoms with Crippen LogP contribution in [-0.4, -0.2) is 6.61 Å². The zero-order valence-corrected chi connectivity index (χ0v) is 5.81. The highest BCUT2D eigenvalue weighted by Gasteiger charge is 1.61. The van der Waals surface area contributed by atoms with Gasteiger partial charge in [-0.15, -0.1) is 17.0 Å². The van der Waals surface area contributed by atoms with Gasteiger partial charge in [0.15, 0.2) is 0 Å². The highest BCUT2D eigenvalue weighted by Crippen LogP contribution is 1.69. The van der Waals surface area contributed by atoms with Crippen molar-refractivity contribution in [2.45, 2.75) is 0 Å². The number of ether oxygens (including phenoxy) is 1. The van der Waals surface area contributed by atoms with E-state index in [0.29, 0.717) is 6.61 Å². The molecule has 0 aromatic carbocycles. The van der Waals surface area contributed by atoms with Crippen molar-refractivity contribution in [3.8, 4) is 0 Å². The smallest absolute Gasteiger partial charge is 0.105 e. The van der Waals surface area contributed by atoms with Gasteiger partial charge in [0.25, 0.3) is 0 Å². The van der Waals surface area contributed by atoms with E-state index in [2.05, 4.69) is 17.9 Å². The van der Waals surface area contributed by atoms with Crippen LogP contribution >= 0.6 is 17.0 Å². The Balaban J connectivity index is 0. The van der Waals surface area contributed by atoms with Crippen LogP contribution in [0.25, 0.3) is 0 Å². The molecule has 2 heteroatoms. The summed E-state index contributed by atoms with van der Waals surface area (Å²) in [6.07, 6.45) is 3.06. The molecule has 0 aliphatic rings. The van der Waals surface area contributed by atoms with Crippen LogP contribution in [0.4, 0.5) is 0 Å². The average molecular weight is 165 g/mol. The average Bonchev–Trinajstić information content (AvgIpc) is 1.61. The first-order chi connectivity index (χ1) is 2.91. The van der Waals surface area contributed by atoms with E-state index in [1.807, 2.05) is 0 Å². The molecule has 0 rings (SSSR count). The van der Waals surface area contributed by atoms with Gasteiger partial charge in [-0.05, 0) is 0 Å². The molecule has 0 fully saturated rings. The lowest BCUT2D eigenvalue weighted by molar-refractivity contribution is 0.291. The lowest BCUT2D eigenvalue weighted by Crippen LogP contribution is -1.75. The van der Waals surface area contributed by atoms with Crippen molar-refractivity contribution in [2.24, 2.45) is 0 Å². The van der Waals surface area contributed by atoms with Gasteiger partial charge in [0, 0.05) is 0 Å². The van der Waals surface area contributed by atoms with Crippen LogP contribution in [0.5, 0.6) is 0 Å². The third-order valence-electron chi connectivity index (χ3n) is 0.332. The van der Waals surface area contributed by atoms with Gasteiger partial charge in [-0.3, -0.25) is 0 Å². The zero-order chi connectivity index (χ0) is 4.83. The zero-order valence-electron chi connectivity index (χ0n) is 4.09. The first-order valence-corrected chi connectivity index (χ1v) is 1.75. The van der Waals surface area contributed by atoms with E-state index in [9.17, 15) is 0 Å². The molecule has 0 atom stereocenters. The normalized spacial score (nSPS) is 5.71. The highest BCUT2D eigenvalue weighted by atomic mass is 79.9. The van der Waals surface area contributed by atoms with Crippen LogP contribution in [0.1, 0.15) is 0 Å². The highest BCUT2D eigenvalue weighted by molar-refractivity contribution is 8.93. The third kappa shape index (κ3) is 10.7. The lowest BCUT2D eigenvalue weighted by Gasteiger charge is -1.86. The van der Waals surface area contributed by atoms with E-state index in [0.717, 1.165) is 0 Å². The number of halogens is 1. The van der Waals surface area contributed by atoms with Gasteiger partial charge in [-0.1, -0.05) is 19.2 Å². The van der Waals surface area contributed by atoms with E-state index >= 15 is 0 Å². The van der Waals surface area contributed by atoms with Gasteiger partial charge in [0.1, 0.15) is 6.61 Å². The second-order valence-electron chi connectivity index (χ2n) is 0.789. The largest absolute Gasteiger partial charge is 0.498 e. The summed E-state index contributed by atoms with van der Waals surface area (Å²) < 4.78 is 4.63. The minimum atomic E-state index is 0. The van der Waals surface area contributed by atoms with Crippen LogP contribution in [-0.2, 0) is 4.74 Å². The fraction of sp³-hybridized carbons (Fsp3) is 0.200. The summed E-state index contributed by atoms with van der Waals surface area (Å²) >= 11 is 0. The molecular weight excluding hydrogens is 156 g/mol. The summed E-state index contributed by atoms with van der Waals surface area (Å²) in [4.78, 5) is 0. The Morgan fingerprint density at radius 1 is 1.43 bits per heavy atom. The number of hydrogen-bond acceptors (Lipinski definition) is 1. The van der Waals surface area contributed by atoms with E-state index < -0.39 is 0 Å². The summed E-state index contributed by atoms with van der Waals surface area (Å²) in [5.74, 6) is 0. The van der Waals surface area contributed by atoms with Crippen molar-refractivity contribution in [3.63, 3.8) is 0 Å². The Morgan fingerprint density at radius 2 is 2.00 bits per heavy atom. The minimum Gasteiger partial charge on any atom is -0.498 e. The van der Waals surface area contributed by atoms with Gasteiger partial charge in [0.05, 0.1) is 6.26 Å². The monoisotopic (exact) mass is 164 g/mol. The molecule has 0 spiro atoms. The topological polar surface area (TPSA) is 9.23 Å². The van der Waals surface area contributed by atoms with Crippen LogP contribution in [0.15, 0.2) is 25.5 Å². The minimum absolute atomic E-state index is 0. The van der Waals surface area contributed by atoms with Crippen LogP contribution in [0.3, 0.4) is 0 Å². The first kappa shape index (κ1) is 9.90.